The molecular weight excluding hydrogens is 647 g/mol. The SMILES string of the molecule is c1ccc(-c2ccc(N(c3ccc4oc5c(-c6ccc7ccccc7c6)c6ccccc6cc5c4c3)c3cccc4c3oc3ccccc34)cc2)cc1. The molecule has 9 aromatic carbocycles. The molecule has 0 aliphatic rings. The van der Waals surface area contributed by atoms with Gasteiger partial charge in [0, 0.05) is 38.5 Å². The lowest BCUT2D eigenvalue weighted by Crippen LogP contribution is -2.10. The van der Waals surface area contributed by atoms with E-state index in [2.05, 4.69) is 181 Å². The van der Waals surface area contributed by atoms with Crippen LogP contribution in [0.1, 0.15) is 0 Å². The molecule has 3 nitrogen and oxygen atoms in total. The Hall–Kier alpha value is -7.10. The zero-order chi connectivity index (χ0) is 34.9. The molecule has 0 bridgehead atoms. The lowest BCUT2D eigenvalue weighted by molar-refractivity contribution is 0.669. The highest BCUT2D eigenvalue weighted by Gasteiger charge is 2.22. The van der Waals surface area contributed by atoms with E-state index in [9.17, 15) is 0 Å². The van der Waals surface area contributed by atoms with Gasteiger partial charge in [0.2, 0.25) is 0 Å². The van der Waals surface area contributed by atoms with Gasteiger partial charge < -0.3 is 13.7 Å². The average Bonchev–Trinajstić information content (AvgIpc) is 3.79. The van der Waals surface area contributed by atoms with Gasteiger partial charge in [0.05, 0.1) is 5.69 Å². The molecule has 0 saturated carbocycles. The third-order valence-electron chi connectivity index (χ3n) is 10.6. The highest BCUT2D eigenvalue weighted by atomic mass is 16.3. The topological polar surface area (TPSA) is 29.5 Å². The zero-order valence-electron chi connectivity index (χ0n) is 28.7. The van der Waals surface area contributed by atoms with Crippen molar-refractivity contribution in [2.24, 2.45) is 0 Å². The molecule has 0 saturated heterocycles. The summed E-state index contributed by atoms with van der Waals surface area (Å²) in [7, 11) is 0. The maximum absolute atomic E-state index is 6.84. The number of hydrogen-bond donors (Lipinski definition) is 0. The van der Waals surface area contributed by atoms with Gasteiger partial charge in [0.15, 0.2) is 5.58 Å². The molecule has 11 aromatic rings. The molecule has 11 rings (SSSR count). The normalized spacial score (nSPS) is 11.8. The van der Waals surface area contributed by atoms with Crippen molar-refractivity contribution in [2.75, 3.05) is 4.90 Å². The number of furan rings is 2. The maximum atomic E-state index is 6.84. The van der Waals surface area contributed by atoms with Gasteiger partial charge in [-0.3, -0.25) is 0 Å². The summed E-state index contributed by atoms with van der Waals surface area (Å²) in [6.07, 6.45) is 0. The summed E-state index contributed by atoms with van der Waals surface area (Å²) in [5.74, 6) is 0. The second-order valence-corrected chi connectivity index (χ2v) is 13.7. The lowest BCUT2D eigenvalue weighted by Gasteiger charge is -2.26. The second kappa shape index (κ2) is 11.7. The van der Waals surface area contributed by atoms with E-state index in [-0.39, 0.29) is 0 Å². The Labute approximate surface area is 305 Å². The summed E-state index contributed by atoms with van der Waals surface area (Å²) in [4.78, 5) is 2.31. The molecule has 248 valence electrons. The Bertz CT molecular complexity index is 3170. The Balaban J connectivity index is 1.15. The minimum atomic E-state index is 0.849. The third-order valence-corrected chi connectivity index (χ3v) is 10.6. The molecule has 2 heterocycles. The number of hydrogen-bond acceptors (Lipinski definition) is 3. The molecule has 3 heteroatoms. The van der Waals surface area contributed by atoms with Crippen molar-refractivity contribution in [2.45, 2.75) is 0 Å². The van der Waals surface area contributed by atoms with Gasteiger partial charge in [-0.15, -0.1) is 0 Å². The van der Waals surface area contributed by atoms with Crippen LogP contribution in [-0.2, 0) is 0 Å². The predicted octanol–water partition coefficient (Wildman–Crippen LogP) is 14.6. The number of para-hydroxylation sites is 2. The Morgan fingerprint density at radius 1 is 0.321 bits per heavy atom. The molecular formula is C50H31NO2. The minimum absolute atomic E-state index is 0.849. The first-order chi connectivity index (χ1) is 26.3. The fourth-order valence-electron chi connectivity index (χ4n) is 8.10. The van der Waals surface area contributed by atoms with Crippen molar-refractivity contribution >= 4 is 82.5 Å². The second-order valence-electron chi connectivity index (χ2n) is 13.7. The first kappa shape index (κ1) is 29.6. The predicted molar refractivity (Wildman–Crippen MR) is 222 cm³/mol. The summed E-state index contributed by atoms with van der Waals surface area (Å²) in [5.41, 5.74) is 11.1. The largest absolute Gasteiger partial charge is 0.455 e. The molecule has 0 atom stereocenters. The monoisotopic (exact) mass is 677 g/mol. The summed E-state index contributed by atoms with van der Waals surface area (Å²) in [6.45, 7) is 0. The zero-order valence-corrected chi connectivity index (χ0v) is 28.7. The Morgan fingerprint density at radius 3 is 1.83 bits per heavy atom. The summed E-state index contributed by atoms with van der Waals surface area (Å²) in [6, 6.07) is 66.7. The fourth-order valence-corrected chi connectivity index (χ4v) is 8.10. The molecule has 2 aromatic heterocycles. The number of rotatable bonds is 5. The van der Waals surface area contributed by atoms with Crippen molar-refractivity contribution < 1.29 is 8.83 Å². The summed E-state index contributed by atoms with van der Waals surface area (Å²) >= 11 is 0. The van der Waals surface area contributed by atoms with Crippen LogP contribution in [0, 0.1) is 0 Å². The van der Waals surface area contributed by atoms with Crippen LogP contribution in [0.15, 0.2) is 197 Å². The van der Waals surface area contributed by atoms with E-state index in [1.165, 1.54) is 32.7 Å². The number of fused-ring (bicyclic) bond motifs is 8. The first-order valence-electron chi connectivity index (χ1n) is 18.0. The van der Waals surface area contributed by atoms with Gasteiger partial charge in [0.1, 0.15) is 16.7 Å². The van der Waals surface area contributed by atoms with Gasteiger partial charge >= 0.3 is 0 Å². The van der Waals surface area contributed by atoms with Crippen molar-refractivity contribution in [1.29, 1.82) is 0 Å². The van der Waals surface area contributed by atoms with E-state index in [4.69, 9.17) is 8.83 Å². The highest BCUT2D eigenvalue weighted by molar-refractivity contribution is 6.19. The molecule has 0 aliphatic heterocycles. The van der Waals surface area contributed by atoms with E-state index in [0.29, 0.717) is 0 Å². The van der Waals surface area contributed by atoms with Crippen LogP contribution in [-0.4, -0.2) is 0 Å². The smallest absolute Gasteiger partial charge is 0.159 e. The quantitative estimate of drug-likeness (QED) is 0.182. The minimum Gasteiger partial charge on any atom is -0.455 e. The third kappa shape index (κ3) is 4.75. The van der Waals surface area contributed by atoms with Crippen LogP contribution < -0.4 is 4.90 Å². The maximum Gasteiger partial charge on any atom is 0.159 e. The summed E-state index contributed by atoms with van der Waals surface area (Å²) < 4.78 is 13.5. The van der Waals surface area contributed by atoms with Crippen LogP contribution in [0.5, 0.6) is 0 Å². The summed E-state index contributed by atoms with van der Waals surface area (Å²) in [5, 5.41) is 9.12. The van der Waals surface area contributed by atoms with Gasteiger partial charge in [-0.1, -0.05) is 133 Å². The van der Waals surface area contributed by atoms with Crippen LogP contribution in [0.3, 0.4) is 0 Å². The molecule has 0 radical (unpaired) electrons. The van der Waals surface area contributed by atoms with Gasteiger partial charge in [-0.05, 0) is 92.8 Å². The molecule has 0 fully saturated rings. The average molecular weight is 678 g/mol. The van der Waals surface area contributed by atoms with Crippen LogP contribution in [0.4, 0.5) is 17.1 Å². The van der Waals surface area contributed by atoms with E-state index in [1.54, 1.807) is 0 Å². The van der Waals surface area contributed by atoms with E-state index >= 15 is 0 Å². The first-order valence-corrected chi connectivity index (χ1v) is 18.0. The number of nitrogens with zero attached hydrogens (tertiary/aromatic N) is 1. The van der Waals surface area contributed by atoms with Gasteiger partial charge in [-0.25, -0.2) is 0 Å². The molecule has 53 heavy (non-hydrogen) atoms. The van der Waals surface area contributed by atoms with Crippen molar-refractivity contribution in [1.82, 2.24) is 0 Å². The van der Waals surface area contributed by atoms with Crippen LogP contribution in [0.25, 0.3) is 87.7 Å². The van der Waals surface area contributed by atoms with Crippen molar-refractivity contribution in [3.05, 3.63) is 188 Å². The Kier molecular flexibility index (Phi) is 6.55. The molecule has 0 amide bonds. The van der Waals surface area contributed by atoms with Gasteiger partial charge in [-0.2, -0.15) is 0 Å². The molecule has 0 unspecified atom stereocenters. The Morgan fingerprint density at radius 2 is 0.962 bits per heavy atom. The van der Waals surface area contributed by atoms with E-state index in [0.717, 1.165) is 72.1 Å². The molecule has 0 spiro atoms. The number of benzene rings is 9. The van der Waals surface area contributed by atoms with Gasteiger partial charge in [0.25, 0.3) is 0 Å². The van der Waals surface area contributed by atoms with Crippen molar-refractivity contribution in [3.8, 4) is 22.3 Å². The van der Waals surface area contributed by atoms with E-state index < -0.39 is 0 Å². The van der Waals surface area contributed by atoms with E-state index in [1.807, 2.05) is 12.1 Å². The molecule has 0 N–H and O–H groups in total. The number of anilines is 3. The van der Waals surface area contributed by atoms with Crippen LogP contribution in [0.2, 0.25) is 0 Å². The molecule has 0 aliphatic carbocycles. The standard InChI is InChI=1S/C50H31NO2/c1-2-11-32(12-3-1)34-23-25-38(26-24-34)51(45-19-10-18-42-41-17-8-9-20-46(41)52-49(42)45)39-27-28-47-43(31-39)44-30-36-15-6-7-16-40(36)48(50(44)53-47)37-22-21-33-13-4-5-14-35(33)29-37/h1-31H. The fraction of sp³-hybridized carbons (Fsp3) is 0. The highest BCUT2D eigenvalue weighted by Crippen LogP contribution is 2.46. The van der Waals surface area contributed by atoms with Crippen molar-refractivity contribution in [3.63, 3.8) is 0 Å². The van der Waals surface area contributed by atoms with Crippen LogP contribution >= 0.6 is 0 Å². The lowest BCUT2D eigenvalue weighted by atomic mass is 9.93.